The van der Waals surface area contributed by atoms with Gasteiger partial charge in [-0.1, -0.05) is 0 Å². The maximum atomic E-state index is 12.0. The lowest BCUT2D eigenvalue weighted by atomic mass is 10.3. The van der Waals surface area contributed by atoms with E-state index in [9.17, 15) is 22.8 Å². The predicted octanol–water partition coefficient (Wildman–Crippen LogP) is 2.35. The minimum absolute atomic E-state index is 0.229. The van der Waals surface area contributed by atoms with Crippen LogP contribution in [0.25, 0.3) is 0 Å². The van der Waals surface area contributed by atoms with E-state index >= 15 is 0 Å². The van der Waals surface area contributed by atoms with Crippen molar-refractivity contribution in [3.05, 3.63) is 52.9 Å². The molecule has 0 radical (unpaired) electrons. The number of benzene rings is 1. The molecule has 1 aromatic carbocycles. The average molecular weight is 356 g/mol. The first kappa shape index (κ1) is 18.3. The van der Waals surface area contributed by atoms with Gasteiger partial charge < -0.3 is 15.4 Å². The number of nitrogens with zero attached hydrogens (tertiary/aromatic N) is 2. The van der Waals surface area contributed by atoms with Gasteiger partial charge in [-0.05, 0) is 36.8 Å². The van der Waals surface area contributed by atoms with Gasteiger partial charge >= 0.3 is 12.4 Å². The SMILES string of the molecule is O=C(NCCCn1ncccc1=O)Nc1ccc(OC(F)(F)F)cc1. The van der Waals surface area contributed by atoms with E-state index in [-0.39, 0.29) is 11.3 Å². The highest BCUT2D eigenvalue weighted by Gasteiger charge is 2.30. The normalized spacial score (nSPS) is 11.0. The van der Waals surface area contributed by atoms with Crippen molar-refractivity contribution in [2.24, 2.45) is 0 Å². The molecular weight excluding hydrogens is 341 g/mol. The molecule has 1 heterocycles. The lowest BCUT2D eigenvalue weighted by Crippen LogP contribution is -2.31. The third kappa shape index (κ3) is 6.53. The molecule has 10 heteroatoms. The molecule has 0 saturated carbocycles. The summed E-state index contributed by atoms with van der Waals surface area (Å²) in [5.41, 5.74) is 0.0843. The van der Waals surface area contributed by atoms with Crippen LogP contribution >= 0.6 is 0 Å². The summed E-state index contributed by atoms with van der Waals surface area (Å²) < 4.78 is 41.1. The number of aromatic nitrogens is 2. The highest BCUT2D eigenvalue weighted by Crippen LogP contribution is 2.23. The Kier molecular flexibility index (Phi) is 5.98. The number of amides is 2. The second kappa shape index (κ2) is 8.18. The monoisotopic (exact) mass is 356 g/mol. The Hall–Kier alpha value is -3.04. The highest BCUT2D eigenvalue weighted by molar-refractivity contribution is 5.89. The van der Waals surface area contributed by atoms with Crippen molar-refractivity contribution in [1.29, 1.82) is 0 Å². The maximum absolute atomic E-state index is 12.0. The maximum Gasteiger partial charge on any atom is 0.573 e. The zero-order valence-electron chi connectivity index (χ0n) is 12.9. The molecule has 0 aliphatic rings. The fourth-order valence-electron chi connectivity index (χ4n) is 1.90. The van der Waals surface area contributed by atoms with Crippen LogP contribution in [0.2, 0.25) is 0 Å². The van der Waals surface area contributed by atoms with Crippen LogP contribution in [0.4, 0.5) is 23.7 Å². The third-order valence-corrected chi connectivity index (χ3v) is 2.96. The number of hydrogen-bond acceptors (Lipinski definition) is 4. The van der Waals surface area contributed by atoms with Crippen LogP contribution in [0, 0.1) is 0 Å². The van der Waals surface area contributed by atoms with Gasteiger partial charge in [-0.25, -0.2) is 9.48 Å². The molecule has 0 unspecified atom stereocenters. The molecule has 7 nitrogen and oxygen atoms in total. The Balaban J connectivity index is 1.73. The lowest BCUT2D eigenvalue weighted by Gasteiger charge is -2.10. The number of urea groups is 1. The van der Waals surface area contributed by atoms with E-state index in [1.807, 2.05) is 0 Å². The van der Waals surface area contributed by atoms with E-state index in [0.717, 1.165) is 12.1 Å². The minimum Gasteiger partial charge on any atom is -0.406 e. The van der Waals surface area contributed by atoms with Crippen molar-refractivity contribution < 1.29 is 22.7 Å². The first-order valence-corrected chi connectivity index (χ1v) is 7.26. The van der Waals surface area contributed by atoms with Crippen molar-refractivity contribution in [2.45, 2.75) is 19.3 Å². The van der Waals surface area contributed by atoms with Crippen molar-refractivity contribution in [3.63, 3.8) is 0 Å². The molecule has 1 aromatic heterocycles. The number of halogens is 3. The van der Waals surface area contributed by atoms with E-state index in [2.05, 4.69) is 20.5 Å². The van der Waals surface area contributed by atoms with E-state index in [1.165, 1.54) is 35.1 Å². The van der Waals surface area contributed by atoms with E-state index in [1.54, 1.807) is 0 Å². The molecule has 2 aromatic rings. The number of nitrogens with one attached hydrogen (secondary N) is 2. The summed E-state index contributed by atoms with van der Waals surface area (Å²) >= 11 is 0. The Labute approximate surface area is 140 Å². The van der Waals surface area contributed by atoms with Gasteiger partial charge in [0.15, 0.2) is 0 Å². The second-order valence-electron chi connectivity index (χ2n) is 4.89. The van der Waals surface area contributed by atoms with Gasteiger partial charge in [0.1, 0.15) is 5.75 Å². The first-order chi connectivity index (χ1) is 11.8. The second-order valence-corrected chi connectivity index (χ2v) is 4.89. The predicted molar refractivity (Wildman–Crippen MR) is 83.3 cm³/mol. The number of carbonyl (C=O) groups excluding carboxylic acids is 1. The summed E-state index contributed by atoms with van der Waals surface area (Å²) in [5, 5.41) is 8.92. The van der Waals surface area contributed by atoms with E-state index in [4.69, 9.17) is 0 Å². The number of ether oxygens (including phenoxy) is 1. The van der Waals surface area contributed by atoms with Crippen molar-refractivity contribution >= 4 is 11.7 Å². The van der Waals surface area contributed by atoms with Crippen LogP contribution in [0.3, 0.4) is 0 Å². The number of carbonyl (C=O) groups is 1. The topological polar surface area (TPSA) is 85.2 Å². The molecule has 0 bridgehead atoms. The zero-order chi connectivity index (χ0) is 18.3. The summed E-state index contributed by atoms with van der Waals surface area (Å²) in [5.74, 6) is -0.376. The number of aryl methyl sites for hydroxylation is 1. The Morgan fingerprint density at radius 2 is 1.92 bits per heavy atom. The highest BCUT2D eigenvalue weighted by atomic mass is 19.4. The fourth-order valence-corrected chi connectivity index (χ4v) is 1.90. The average Bonchev–Trinajstić information content (AvgIpc) is 2.54. The van der Waals surface area contributed by atoms with Gasteiger partial charge in [-0.3, -0.25) is 4.79 Å². The van der Waals surface area contributed by atoms with E-state index < -0.39 is 12.4 Å². The molecule has 25 heavy (non-hydrogen) atoms. The molecule has 0 aliphatic carbocycles. The van der Waals surface area contributed by atoms with Crippen LogP contribution < -0.4 is 20.9 Å². The van der Waals surface area contributed by atoms with Crippen molar-refractivity contribution in [1.82, 2.24) is 15.1 Å². The summed E-state index contributed by atoms with van der Waals surface area (Å²) in [4.78, 5) is 23.1. The van der Waals surface area contributed by atoms with Gasteiger partial charge in [-0.15, -0.1) is 13.2 Å². The van der Waals surface area contributed by atoms with Crippen LogP contribution in [0.5, 0.6) is 5.75 Å². The molecule has 0 spiro atoms. The molecule has 2 N–H and O–H groups in total. The van der Waals surface area contributed by atoms with Gasteiger partial charge in [-0.2, -0.15) is 5.10 Å². The Morgan fingerprint density at radius 3 is 2.56 bits per heavy atom. The number of hydrogen-bond donors (Lipinski definition) is 2. The number of alkyl halides is 3. The van der Waals surface area contributed by atoms with Crippen LogP contribution in [-0.2, 0) is 6.54 Å². The largest absolute Gasteiger partial charge is 0.573 e. The summed E-state index contributed by atoms with van der Waals surface area (Å²) in [6.07, 6.45) is -2.78. The summed E-state index contributed by atoms with van der Waals surface area (Å²) in [6, 6.07) is 7.17. The number of rotatable bonds is 6. The van der Waals surface area contributed by atoms with Gasteiger partial charge in [0.25, 0.3) is 5.56 Å². The van der Waals surface area contributed by atoms with Gasteiger partial charge in [0.2, 0.25) is 0 Å². The summed E-state index contributed by atoms with van der Waals surface area (Å²) in [6.45, 7) is 0.646. The van der Waals surface area contributed by atoms with Gasteiger partial charge in [0, 0.05) is 31.0 Å². The minimum atomic E-state index is -4.76. The molecule has 134 valence electrons. The molecule has 0 fully saturated rings. The van der Waals surface area contributed by atoms with Crippen LogP contribution in [-0.4, -0.2) is 28.7 Å². The molecule has 2 rings (SSSR count). The molecular formula is C15H15F3N4O3. The van der Waals surface area contributed by atoms with Crippen LogP contribution in [0.15, 0.2) is 47.4 Å². The number of anilines is 1. The molecule has 0 atom stereocenters. The van der Waals surface area contributed by atoms with Crippen molar-refractivity contribution in [2.75, 3.05) is 11.9 Å². The Morgan fingerprint density at radius 1 is 1.20 bits per heavy atom. The molecule has 2 amide bonds. The van der Waals surface area contributed by atoms with Gasteiger partial charge in [0.05, 0.1) is 0 Å². The lowest BCUT2D eigenvalue weighted by molar-refractivity contribution is -0.274. The van der Waals surface area contributed by atoms with Crippen LogP contribution in [0.1, 0.15) is 6.42 Å². The quantitative estimate of drug-likeness (QED) is 0.778. The summed E-state index contributed by atoms with van der Waals surface area (Å²) in [7, 11) is 0. The standard InChI is InChI=1S/C15H15F3N4O3/c16-15(17,18)25-12-6-4-11(5-7-12)21-14(24)19-8-2-10-22-13(23)3-1-9-20-22/h1,3-7,9H,2,8,10H2,(H2,19,21,24). The smallest absolute Gasteiger partial charge is 0.406 e. The van der Waals surface area contributed by atoms with Crippen molar-refractivity contribution in [3.8, 4) is 5.75 Å². The molecule has 0 aliphatic heterocycles. The first-order valence-electron chi connectivity index (χ1n) is 7.26. The van der Waals surface area contributed by atoms with E-state index in [0.29, 0.717) is 25.2 Å². The third-order valence-electron chi connectivity index (χ3n) is 2.96. The Bertz CT molecular complexity index is 760. The molecule has 0 saturated heterocycles. The fraction of sp³-hybridized carbons (Fsp3) is 0.267. The zero-order valence-corrected chi connectivity index (χ0v) is 12.9.